The lowest BCUT2D eigenvalue weighted by molar-refractivity contribution is 0.220. The van der Waals surface area contributed by atoms with Crippen LogP contribution >= 0.6 is 22.9 Å². The third kappa shape index (κ3) is 2.47. The van der Waals surface area contributed by atoms with Crippen molar-refractivity contribution in [2.45, 2.75) is 13.0 Å². The standard InChI is InChI=1S/C14H11ClN2OS/c1-8-2-3-9-6-10(4-5-11(9)17-8)13(18)14-16-7-12(15)19-14/h2-7,13,18H,1H3. The van der Waals surface area contributed by atoms with Crippen LogP contribution in [-0.4, -0.2) is 15.1 Å². The van der Waals surface area contributed by atoms with Crippen LogP contribution in [0.1, 0.15) is 22.4 Å². The highest BCUT2D eigenvalue weighted by Crippen LogP contribution is 2.29. The molecule has 1 N–H and O–H groups in total. The highest BCUT2D eigenvalue weighted by molar-refractivity contribution is 7.15. The van der Waals surface area contributed by atoms with Gasteiger partial charge in [0.25, 0.3) is 0 Å². The summed E-state index contributed by atoms with van der Waals surface area (Å²) in [6.45, 7) is 1.96. The fraction of sp³-hybridized carbons (Fsp3) is 0.143. The highest BCUT2D eigenvalue weighted by atomic mass is 35.5. The molecule has 1 aromatic carbocycles. The van der Waals surface area contributed by atoms with E-state index in [1.54, 1.807) is 6.20 Å². The molecule has 0 aliphatic rings. The van der Waals surface area contributed by atoms with Crippen molar-refractivity contribution >= 4 is 33.8 Å². The minimum Gasteiger partial charge on any atom is -0.381 e. The SMILES string of the molecule is Cc1ccc2cc(C(O)c3ncc(Cl)s3)ccc2n1. The first-order chi connectivity index (χ1) is 9.13. The predicted molar refractivity (Wildman–Crippen MR) is 77.7 cm³/mol. The number of benzene rings is 1. The molecular formula is C14H11ClN2OS. The molecule has 0 fully saturated rings. The van der Waals surface area contributed by atoms with E-state index in [9.17, 15) is 5.11 Å². The van der Waals surface area contributed by atoms with Crippen molar-refractivity contribution in [1.82, 2.24) is 9.97 Å². The quantitative estimate of drug-likeness (QED) is 0.782. The normalized spacial score (nSPS) is 12.8. The van der Waals surface area contributed by atoms with Gasteiger partial charge in [-0.1, -0.05) is 23.7 Å². The summed E-state index contributed by atoms with van der Waals surface area (Å²) in [6.07, 6.45) is 0.805. The zero-order valence-corrected chi connectivity index (χ0v) is 11.7. The number of hydrogen-bond acceptors (Lipinski definition) is 4. The summed E-state index contributed by atoms with van der Waals surface area (Å²) in [5, 5.41) is 11.9. The molecule has 0 bridgehead atoms. The molecule has 0 saturated carbocycles. The van der Waals surface area contributed by atoms with Gasteiger partial charge in [-0.15, -0.1) is 11.3 Å². The van der Waals surface area contributed by atoms with Gasteiger partial charge in [-0.25, -0.2) is 4.98 Å². The molecule has 96 valence electrons. The molecule has 2 heterocycles. The Hall–Kier alpha value is -1.49. The monoisotopic (exact) mass is 290 g/mol. The van der Waals surface area contributed by atoms with Crippen molar-refractivity contribution in [2.75, 3.05) is 0 Å². The lowest BCUT2D eigenvalue weighted by atomic mass is 10.1. The van der Waals surface area contributed by atoms with Crippen LogP contribution in [0.25, 0.3) is 10.9 Å². The average Bonchev–Trinajstić information content (AvgIpc) is 2.84. The van der Waals surface area contributed by atoms with E-state index in [0.717, 1.165) is 22.2 Å². The van der Waals surface area contributed by atoms with Gasteiger partial charge in [-0.05, 0) is 30.7 Å². The van der Waals surface area contributed by atoms with Crippen LogP contribution in [0.2, 0.25) is 4.34 Å². The topological polar surface area (TPSA) is 46.0 Å². The minimum absolute atomic E-state index is 0.576. The van der Waals surface area contributed by atoms with Gasteiger partial charge in [0.05, 0.1) is 11.7 Å². The Morgan fingerprint density at radius 1 is 1.26 bits per heavy atom. The second-order valence-corrected chi connectivity index (χ2v) is 6.00. The van der Waals surface area contributed by atoms with Crippen LogP contribution in [0, 0.1) is 6.92 Å². The van der Waals surface area contributed by atoms with Crippen molar-refractivity contribution < 1.29 is 5.11 Å². The first kappa shape index (κ1) is 12.5. The minimum atomic E-state index is -0.747. The first-order valence-corrected chi connectivity index (χ1v) is 6.99. The van der Waals surface area contributed by atoms with Crippen LogP contribution in [0.15, 0.2) is 36.5 Å². The van der Waals surface area contributed by atoms with Crippen molar-refractivity contribution in [3.63, 3.8) is 0 Å². The zero-order chi connectivity index (χ0) is 13.4. The predicted octanol–water partition coefficient (Wildman–Crippen LogP) is 3.73. The van der Waals surface area contributed by atoms with Gasteiger partial charge in [-0.2, -0.15) is 0 Å². The van der Waals surface area contributed by atoms with Gasteiger partial charge >= 0.3 is 0 Å². The van der Waals surface area contributed by atoms with Crippen molar-refractivity contribution in [1.29, 1.82) is 0 Å². The summed E-state index contributed by atoms with van der Waals surface area (Å²) < 4.78 is 0.576. The summed E-state index contributed by atoms with van der Waals surface area (Å²) in [5.74, 6) is 0. The van der Waals surface area contributed by atoms with Gasteiger partial charge in [0.2, 0.25) is 0 Å². The molecule has 3 nitrogen and oxygen atoms in total. The van der Waals surface area contributed by atoms with E-state index in [1.165, 1.54) is 11.3 Å². The number of fused-ring (bicyclic) bond motifs is 1. The molecule has 0 saturated heterocycles. The van der Waals surface area contributed by atoms with Crippen molar-refractivity contribution in [2.24, 2.45) is 0 Å². The van der Waals surface area contributed by atoms with E-state index in [0.29, 0.717) is 9.34 Å². The van der Waals surface area contributed by atoms with E-state index in [2.05, 4.69) is 9.97 Å². The number of pyridine rings is 1. The summed E-state index contributed by atoms with van der Waals surface area (Å²) in [6, 6.07) is 9.67. The summed E-state index contributed by atoms with van der Waals surface area (Å²) in [4.78, 5) is 8.54. The van der Waals surface area contributed by atoms with Gasteiger partial charge in [0.15, 0.2) is 0 Å². The molecule has 19 heavy (non-hydrogen) atoms. The molecule has 5 heteroatoms. The van der Waals surface area contributed by atoms with Crippen LogP contribution in [-0.2, 0) is 0 Å². The Kier molecular flexibility index (Phi) is 3.22. The molecule has 3 rings (SSSR count). The fourth-order valence-corrected chi connectivity index (χ4v) is 2.90. The number of aliphatic hydroxyl groups excluding tert-OH is 1. The fourth-order valence-electron chi connectivity index (χ4n) is 1.95. The Balaban J connectivity index is 2.03. The van der Waals surface area contributed by atoms with Gasteiger partial charge < -0.3 is 5.11 Å². The highest BCUT2D eigenvalue weighted by Gasteiger charge is 2.15. The van der Waals surface area contributed by atoms with Crippen LogP contribution < -0.4 is 0 Å². The number of rotatable bonds is 2. The zero-order valence-electron chi connectivity index (χ0n) is 10.2. The van der Waals surface area contributed by atoms with E-state index in [-0.39, 0.29) is 0 Å². The number of aryl methyl sites for hydroxylation is 1. The van der Waals surface area contributed by atoms with Crippen LogP contribution in [0.5, 0.6) is 0 Å². The first-order valence-electron chi connectivity index (χ1n) is 5.80. The van der Waals surface area contributed by atoms with E-state index < -0.39 is 6.10 Å². The maximum absolute atomic E-state index is 10.3. The lowest BCUT2D eigenvalue weighted by Crippen LogP contribution is -1.98. The molecule has 1 atom stereocenters. The number of hydrogen-bond donors (Lipinski definition) is 1. The molecular weight excluding hydrogens is 280 g/mol. The van der Waals surface area contributed by atoms with Crippen LogP contribution in [0.4, 0.5) is 0 Å². The second-order valence-electron chi connectivity index (χ2n) is 4.31. The molecule has 0 aliphatic heterocycles. The number of halogens is 1. The smallest absolute Gasteiger partial charge is 0.131 e. The largest absolute Gasteiger partial charge is 0.381 e. The number of aromatic nitrogens is 2. The number of thiazole rings is 1. The van der Waals surface area contributed by atoms with E-state index in [1.807, 2.05) is 37.3 Å². The van der Waals surface area contributed by atoms with Gasteiger partial charge in [0.1, 0.15) is 15.4 Å². The van der Waals surface area contributed by atoms with Crippen LogP contribution in [0.3, 0.4) is 0 Å². The van der Waals surface area contributed by atoms with E-state index >= 15 is 0 Å². The summed E-state index contributed by atoms with van der Waals surface area (Å²) in [5.41, 5.74) is 2.70. The lowest BCUT2D eigenvalue weighted by Gasteiger charge is -2.09. The molecule has 0 spiro atoms. The summed E-state index contributed by atoms with van der Waals surface area (Å²) in [7, 11) is 0. The number of aliphatic hydroxyl groups is 1. The molecule has 0 radical (unpaired) electrons. The Morgan fingerprint density at radius 2 is 2.11 bits per heavy atom. The van der Waals surface area contributed by atoms with E-state index in [4.69, 9.17) is 11.6 Å². The second kappa shape index (κ2) is 4.89. The Labute approximate surface area is 119 Å². The van der Waals surface area contributed by atoms with Crippen molar-refractivity contribution in [3.05, 3.63) is 57.1 Å². The van der Waals surface area contributed by atoms with Crippen molar-refractivity contribution in [3.8, 4) is 0 Å². The average molecular weight is 291 g/mol. The maximum atomic E-state index is 10.3. The Morgan fingerprint density at radius 3 is 2.84 bits per heavy atom. The molecule has 0 aliphatic carbocycles. The Bertz CT molecular complexity index is 741. The molecule has 0 amide bonds. The molecule has 2 aromatic heterocycles. The third-order valence-electron chi connectivity index (χ3n) is 2.90. The third-order valence-corrected chi connectivity index (χ3v) is 4.06. The van der Waals surface area contributed by atoms with Gasteiger partial charge in [0, 0.05) is 11.1 Å². The molecule has 1 unspecified atom stereocenters. The number of nitrogens with zero attached hydrogens (tertiary/aromatic N) is 2. The van der Waals surface area contributed by atoms with Gasteiger partial charge in [-0.3, -0.25) is 4.98 Å². The molecule has 3 aromatic rings. The maximum Gasteiger partial charge on any atom is 0.131 e. The summed E-state index contributed by atoms with van der Waals surface area (Å²) >= 11 is 7.13.